The monoisotopic (exact) mass is 313 g/mol. The molecule has 0 radical (unpaired) electrons. The minimum atomic E-state index is -0.346. The van der Waals surface area contributed by atoms with Crippen molar-refractivity contribution in [2.45, 2.75) is 25.9 Å². The highest BCUT2D eigenvalue weighted by molar-refractivity contribution is 7.16. The second-order valence-corrected chi connectivity index (χ2v) is 6.39. The Morgan fingerprint density at radius 2 is 1.95 bits per heavy atom. The highest BCUT2D eigenvalue weighted by atomic mass is 35.5. The van der Waals surface area contributed by atoms with E-state index in [-0.39, 0.29) is 23.7 Å². The Labute approximate surface area is 127 Å². The maximum Gasteiger partial charge on any atom is 0.165 e. The third-order valence-electron chi connectivity index (χ3n) is 3.20. The average Bonchev–Trinajstić information content (AvgIpc) is 2.86. The summed E-state index contributed by atoms with van der Waals surface area (Å²) >= 11 is 7.51. The molecule has 20 heavy (non-hydrogen) atoms. The van der Waals surface area contributed by atoms with Crippen molar-refractivity contribution in [3.8, 4) is 5.75 Å². The van der Waals surface area contributed by atoms with E-state index in [1.807, 2.05) is 19.1 Å². The molecule has 0 aliphatic carbocycles. The van der Waals surface area contributed by atoms with E-state index in [4.69, 9.17) is 16.3 Å². The molecule has 0 bridgehead atoms. The maximum absolute atomic E-state index is 13.4. The Morgan fingerprint density at radius 1 is 1.20 bits per heavy atom. The van der Waals surface area contributed by atoms with Crippen LogP contribution >= 0.6 is 22.9 Å². The van der Waals surface area contributed by atoms with Crippen LogP contribution in [0.5, 0.6) is 5.75 Å². The maximum atomic E-state index is 13.4. The molecule has 0 spiro atoms. The smallest absolute Gasteiger partial charge is 0.165 e. The van der Waals surface area contributed by atoms with Crippen LogP contribution in [0, 0.1) is 5.82 Å². The first-order valence-corrected chi connectivity index (χ1v) is 7.55. The lowest BCUT2D eigenvalue weighted by molar-refractivity contribution is 0.384. The van der Waals surface area contributed by atoms with Gasteiger partial charge in [0.2, 0.25) is 0 Å². The topological polar surface area (TPSA) is 21.3 Å². The minimum absolute atomic E-state index is 0.0837. The first kappa shape index (κ1) is 15.3. The fraction of sp³-hybridized carbons (Fsp3) is 0.333. The van der Waals surface area contributed by atoms with Crippen LogP contribution in [0.2, 0.25) is 4.34 Å². The van der Waals surface area contributed by atoms with Gasteiger partial charge in [-0.2, -0.15) is 0 Å². The number of benzene rings is 1. The van der Waals surface area contributed by atoms with Crippen molar-refractivity contribution in [3.63, 3.8) is 0 Å². The number of ether oxygens (including phenoxy) is 1. The Hall–Kier alpha value is -1.10. The first-order chi connectivity index (χ1) is 9.51. The zero-order valence-electron chi connectivity index (χ0n) is 11.6. The Balaban J connectivity index is 2.09. The van der Waals surface area contributed by atoms with Crippen LogP contribution in [-0.2, 0) is 0 Å². The second kappa shape index (κ2) is 6.57. The summed E-state index contributed by atoms with van der Waals surface area (Å²) in [7, 11) is 1.47. The first-order valence-electron chi connectivity index (χ1n) is 6.36. The molecule has 1 aromatic carbocycles. The number of methoxy groups -OCH3 is 1. The summed E-state index contributed by atoms with van der Waals surface area (Å²) in [6.45, 7) is 4.12. The summed E-state index contributed by atoms with van der Waals surface area (Å²) in [5.74, 6) is -0.0792. The summed E-state index contributed by atoms with van der Waals surface area (Å²) in [5.41, 5.74) is 0.984. The molecule has 1 aromatic heterocycles. The van der Waals surface area contributed by atoms with Crippen LogP contribution in [0.4, 0.5) is 4.39 Å². The molecule has 0 saturated carbocycles. The van der Waals surface area contributed by atoms with Gasteiger partial charge in [0.05, 0.1) is 11.4 Å². The molecule has 0 saturated heterocycles. The molecule has 108 valence electrons. The normalized spacial score (nSPS) is 14.1. The molecule has 5 heteroatoms. The van der Waals surface area contributed by atoms with Crippen molar-refractivity contribution in [1.82, 2.24) is 5.32 Å². The summed E-state index contributed by atoms with van der Waals surface area (Å²) < 4.78 is 19.2. The molecule has 0 fully saturated rings. The molecule has 2 aromatic rings. The van der Waals surface area contributed by atoms with Gasteiger partial charge in [0.1, 0.15) is 0 Å². The molecular weight excluding hydrogens is 297 g/mol. The van der Waals surface area contributed by atoms with Gasteiger partial charge in [-0.25, -0.2) is 4.39 Å². The van der Waals surface area contributed by atoms with Crippen molar-refractivity contribution < 1.29 is 9.13 Å². The van der Waals surface area contributed by atoms with E-state index in [1.165, 1.54) is 18.1 Å². The van der Waals surface area contributed by atoms with Gasteiger partial charge in [0.15, 0.2) is 11.6 Å². The van der Waals surface area contributed by atoms with E-state index in [0.29, 0.717) is 0 Å². The predicted octanol–water partition coefficient (Wildman–Crippen LogP) is 4.96. The van der Waals surface area contributed by atoms with Gasteiger partial charge in [0, 0.05) is 17.0 Å². The fourth-order valence-electron chi connectivity index (χ4n) is 2.06. The van der Waals surface area contributed by atoms with E-state index >= 15 is 0 Å². The highest BCUT2D eigenvalue weighted by Crippen LogP contribution is 2.29. The molecule has 2 nitrogen and oxygen atoms in total. The van der Waals surface area contributed by atoms with Crippen LogP contribution in [-0.4, -0.2) is 7.11 Å². The van der Waals surface area contributed by atoms with Crippen molar-refractivity contribution in [2.75, 3.05) is 7.11 Å². The standard InChI is InChI=1S/C15H17ClFNOS/c1-9(11-4-5-12(17)13(8-11)19-3)18-10(2)14-6-7-15(16)20-14/h4-10,18H,1-3H3. The van der Waals surface area contributed by atoms with E-state index in [9.17, 15) is 4.39 Å². The zero-order valence-corrected chi connectivity index (χ0v) is 13.2. The van der Waals surface area contributed by atoms with Gasteiger partial charge in [-0.05, 0) is 43.7 Å². The average molecular weight is 314 g/mol. The number of thiophene rings is 1. The second-order valence-electron chi connectivity index (χ2n) is 4.65. The molecule has 2 unspecified atom stereocenters. The molecule has 1 N–H and O–H groups in total. The van der Waals surface area contributed by atoms with Gasteiger partial charge in [0.25, 0.3) is 0 Å². The predicted molar refractivity (Wildman–Crippen MR) is 82.2 cm³/mol. The fourth-order valence-corrected chi connectivity index (χ4v) is 3.13. The van der Waals surface area contributed by atoms with Gasteiger partial charge >= 0.3 is 0 Å². The third-order valence-corrected chi connectivity index (χ3v) is 4.61. The summed E-state index contributed by atoms with van der Waals surface area (Å²) in [6.07, 6.45) is 0. The third kappa shape index (κ3) is 3.51. The Kier molecular flexibility index (Phi) is 5.02. The molecule has 1 heterocycles. The van der Waals surface area contributed by atoms with Crippen LogP contribution in [0.3, 0.4) is 0 Å². The van der Waals surface area contributed by atoms with Gasteiger partial charge in [-0.1, -0.05) is 17.7 Å². The number of hydrogen-bond donors (Lipinski definition) is 1. The minimum Gasteiger partial charge on any atom is -0.494 e. The molecule has 2 atom stereocenters. The number of rotatable bonds is 5. The van der Waals surface area contributed by atoms with Gasteiger partial charge in [-0.3, -0.25) is 0 Å². The number of halogens is 2. The van der Waals surface area contributed by atoms with Crippen molar-refractivity contribution in [1.29, 1.82) is 0 Å². The van der Waals surface area contributed by atoms with Crippen LogP contribution in [0.25, 0.3) is 0 Å². The Bertz CT molecular complexity index is 587. The molecule has 0 amide bonds. The van der Waals surface area contributed by atoms with Gasteiger partial charge < -0.3 is 10.1 Å². The van der Waals surface area contributed by atoms with Crippen LogP contribution < -0.4 is 10.1 Å². The largest absolute Gasteiger partial charge is 0.494 e. The molecule has 2 rings (SSSR count). The van der Waals surface area contributed by atoms with Gasteiger partial charge in [-0.15, -0.1) is 11.3 Å². The van der Waals surface area contributed by atoms with Crippen molar-refractivity contribution in [2.24, 2.45) is 0 Å². The summed E-state index contributed by atoms with van der Waals surface area (Å²) in [5, 5.41) is 3.47. The summed E-state index contributed by atoms with van der Waals surface area (Å²) in [6, 6.07) is 9.09. The Morgan fingerprint density at radius 3 is 2.55 bits per heavy atom. The zero-order chi connectivity index (χ0) is 14.7. The molecule has 0 aliphatic rings. The van der Waals surface area contributed by atoms with Crippen molar-refractivity contribution >= 4 is 22.9 Å². The quantitative estimate of drug-likeness (QED) is 0.842. The lowest BCUT2D eigenvalue weighted by Crippen LogP contribution is -2.21. The molecule has 0 aliphatic heterocycles. The van der Waals surface area contributed by atoms with Crippen LogP contribution in [0.15, 0.2) is 30.3 Å². The van der Waals surface area contributed by atoms with E-state index in [0.717, 1.165) is 9.90 Å². The molecular formula is C15H17ClFNOS. The number of hydrogen-bond acceptors (Lipinski definition) is 3. The SMILES string of the molecule is COc1cc(C(C)NC(C)c2ccc(Cl)s2)ccc1F. The van der Waals surface area contributed by atoms with E-state index in [1.54, 1.807) is 23.5 Å². The van der Waals surface area contributed by atoms with E-state index < -0.39 is 0 Å². The highest BCUT2D eigenvalue weighted by Gasteiger charge is 2.14. The number of nitrogens with one attached hydrogen (secondary N) is 1. The lowest BCUT2D eigenvalue weighted by Gasteiger charge is -2.20. The van der Waals surface area contributed by atoms with E-state index in [2.05, 4.69) is 12.2 Å². The lowest BCUT2D eigenvalue weighted by atomic mass is 10.1. The van der Waals surface area contributed by atoms with Crippen molar-refractivity contribution in [3.05, 3.63) is 50.9 Å². The van der Waals surface area contributed by atoms with Crippen LogP contribution in [0.1, 0.15) is 36.4 Å². The summed E-state index contributed by atoms with van der Waals surface area (Å²) in [4.78, 5) is 1.18.